The molecule has 0 bridgehead atoms. The van der Waals surface area contributed by atoms with Crippen LogP contribution in [0.4, 0.5) is 5.69 Å². The third-order valence-electron chi connectivity index (χ3n) is 6.58. The number of ketones is 1. The molecule has 1 atom stereocenters. The Balaban J connectivity index is 1.50. The number of hydrogen-bond acceptors (Lipinski definition) is 5. The van der Waals surface area contributed by atoms with Crippen molar-refractivity contribution in [2.45, 2.75) is 65.0 Å². The molecule has 1 fully saturated rings. The second-order valence-corrected chi connectivity index (χ2v) is 9.24. The summed E-state index contributed by atoms with van der Waals surface area (Å²) in [5, 5.41) is 3.09. The van der Waals surface area contributed by atoms with Crippen molar-refractivity contribution in [2.24, 2.45) is 0 Å². The van der Waals surface area contributed by atoms with Crippen LogP contribution in [0.2, 0.25) is 0 Å². The quantitative estimate of drug-likeness (QED) is 0.623. The minimum atomic E-state index is -0.714. The second-order valence-electron chi connectivity index (χ2n) is 9.24. The number of ether oxygens (including phenoxy) is 2. The maximum atomic E-state index is 13.0. The molecule has 7 heteroatoms. The zero-order valence-corrected chi connectivity index (χ0v) is 20.1. The molecule has 2 aromatic carbocycles. The first-order valence-corrected chi connectivity index (χ1v) is 12.0. The van der Waals surface area contributed by atoms with E-state index in [1.165, 1.54) is 11.3 Å². The topological polar surface area (TPSA) is 84.9 Å². The molecule has 0 saturated heterocycles. The van der Waals surface area contributed by atoms with Crippen molar-refractivity contribution >= 4 is 23.3 Å². The van der Waals surface area contributed by atoms with Gasteiger partial charge >= 0.3 is 0 Å². The Morgan fingerprint density at radius 2 is 1.88 bits per heavy atom. The number of aryl methyl sites for hydroxylation is 2. The standard InChI is InChI=1S/C27H32N2O5/c1-17-9-10-18(2)25(13-17)33-15-23(30)20-11-12-24-22(14-20)29(26(31)16-34-24)19(3)27(32)28-21-7-5-4-6-8-21/h9-14,19,21H,4-8,15-16H2,1-3H3,(H,28,32)/t19-/m1/s1. The number of Topliss-reactive ketones (excluding diaryl/α,β-unsaturated/α-hetero) is 1. The summed E-state index contributed by atoms with van der Waals surface area (Å²) < 4.78 is 11.3. The first-order chi connectivity index (χ1) is 16.3. The van der Waals surface area contributed by atoms with Gasteiger partial charge in [-0.05, 0) is 69.0 Å². The summed E-state index contributed by atoms with van der Waals surface area (Å²) in [4.78, 5) is 40.1. The average Bonchev–Trinajstić information content (AvgIpc) is 2.84. The number of amides is 2. The van der Waals surface area contributed by atoms with Crippen molar-refractivity contribution < 1.29 is 23.9 Å². The number of benzene rings is 2. The Labute approximate surface area is 200 Å². The van der Waals surface area contributed by atoms with E-state index in [-0.39, 0.29) is 36.9 Å². The summed E-state index contributed by atoms with van der Waals surface area (Å²) in [6.45, 7) is 5.34. The molecule has 2 aromatic rings. The van der Waals surface area contributed by atoms with E-state index < -0.39 is 6.04 Å². The van der Waals surface area contributed by atoms with Gasteiger partial charge in [0.2, 0.25) is 5.91 Å². The lowest BCUT2D eigenvalue weighted by molar-refractivity contribution is -0.128. The molecule has 1 aliphatic heterocycles. The van der Waals surface area contributed by atoms with E-state index in [4.69, 9.17) is 9.47 Å². The van der Waals surface area contributed by atoms with Crippen LogP contribution in [0.1, 0.15) is 60.5 Å². The minimum absolute atomic E-state index is 0.129. The highest BCUT2D eigenvalue weighted by Crippen LogP contribution is 2.35. The molecule has 1 N–H and O–H groups in total. The summed E-state index contributed by atoms with van der Waals surface area (Å²) in [7, 11) is 0. The van der Waals surface area contributed by atoms with E-state index in [2.05, 4.69) is 5.32 Å². The number of hydrogen-bond donors (Lipinski definition) is 1. The number of carbonyl (C=O) groups excluding carboxylic acids is 3. The van der Waals surface area contributed by atoms with Gasteiger partial charge in [0.05, 0.1) is 5.69 Å². The maximum Gasteiger partial charge on any atom is 0.265 e. The van der Waals surface area contributed by atoms with Crippen molar-refractivity contribution in [3.63, 3.8) is 0 Å². The number of carbonyl (C=O) groups is 3. The SMILES string of the molecule is Cc1ccc(C)c(OCC(=O)c2ccc3c(c2)N([C@H](C)C(=O)NC2CCCCC2)C(=O)CO3)c1. The fourth-order valence-electron chi connectivity index (χ4n) is 4.54. The Kier molecular flexibility index (Phi) is 7.20. The maximum absolute atomic E-state index is 13.0. The van der Waals surface area contributed by atoms with Crippen LogP contribution in [-0.2, 0) is 9.59 Å². The Morgan fingerprint density at radius 1 is 1.12 bits per heavy atom. The van der Waals surface area contributed by atoms with Gasteiger partial charge in [0.15, 0.2) is 19.0 Å². The molecule has 2 amide bonds. The van der Waals surface area contributed by atoms with Crippen LogP contribution in [0, 0.1) is 13.8 Å². The zero-order valence-electron chi connectivity index (χ0n) is 20.1. The fraction of sp³-hybridized carbons (Fsp3) is 0.444. The van der Waals surface area contributed by atoms with Crippen LogP contribution in [0.5, 0.6) is 11.5 Å². The van der Waals surface area contributed by atoms with Gasteiger partial charge in [-0.3, -0.25) is 19.3 Å². The summed E-state index contributed by atoms with van der Waals surface area (Å²) in [5.41, 5.74) is 2.83. The molecule has 1 aliphatic carbocycles. The van der Waals surface area contributed by atoms with Gasteiger partial charge in [-0.15, -0.1) is 0 Å². The van der Waals surface area contributed by atoms with Gasteiger partial charge in [-0.2, -0.15) is 0 Å². The predicted molar refractivity (Wildman–Crippen MR) is 130 cm³/mol. The molecule has 180 valence electrons. The van der Waals surface area contributed by atoms with Crippen LogP contribution in [0.25, 0.3) is 0 Å². The van der Waals surface area contributed by atoms with Gasteiger partial charge in [-0.1, -0.05) is 31.4 Å². The smallest absolute Gasteiger partial charge is 0.265 e. The molecule has 1 heterocycles. The lowest BCUT2D eigenvalue weighted by atomic mass is 9.95. The summed E-state index contributed by atoms with van der Waals surface area (Å²) in [6, 6.07) is 10.2. The third kappa shape index (κ3) is 5.24. The van der Waals surface area contributed by atoms with Gasteiger partial charge in [0, 0.05) is 11.6 Å². The molecule has 0 unspecified atom stereocenters. The van der Waals surface area contributed by atoms with Crippen molar-refractivity contribution in [3.05, 3.63) is 53.1 Å². The fourth-order valence-corrected chi connectivity index (χ4v) is 4.54. The normalized spacial score (nSPS) is 16.9. The molecule has 0 aromatic heterocycles. The lowest BCUT2D eigenvalue weighted by Gasteiger charge is -2.34. The van der Waals surface area contributed by atoms with Crippen LogP contribution in [-0.4, -0.2) is 42.9 Å². The first kappa shape index (κ1) is 23.8. The number of fused-ring (bicyclic) bond motifs is 1. The first-order valence-electron chi connectivity index (χ1n) is 12.0. The van der Waals surface area contributed by atoms with E-state index in [0.717, 1.165) is 36.8 Å². The van der Waals surface area contributed by atoms with Crippen molar-refractivity contribution in [1.29, 1.82) is 0 Å². The van der Waals surface area contributed by atoms with Gasteiger partial charge < -0.3 is 14.8 Å². The van der Waals surface area contributed by atoms with Gasteiger partial charge in [0.25, 0.3) is 5.91 Å². The molecule has 7 nitrogen and oxygen atoms in total. The van der Waals surface area contributed by atoms with Crippen molar-refractivity contribution in [3.8, 4) is 11.5 Å². The molecule has 0 radical (unpaired) electrons. The van der Waals surface area contributed by atoms with Crippen LogP contribution >= 0.6 is 0 Å². The predicted octanol–water partition coefficient (Wildman–Crippen LogP) is 4.13. The number of anilines is 1. The highest BCUT2D eigenvalue weighted by atomic mass is 16.5. The molecule has 4 rings (SSSR count). The number of nitrogens with zero attached hydrogens (tertiary/aromatic N) is 1. The average molecular weight is 465 g/mol. The van der Waals surface area contributed by atoms with E-state index in [1.807, 2.05) is 32.0 Å². The van der Waals surface area contributed by atoms with Crippen LogP contribution in [0.3, 0.4) is 0 Å². The van der Waals surface area contributed by atoms with Crippen LogP contribution in [0.15, 0.2) is 36.4 Å². The molecule has 2 aliphatic rings. The Morgan fingerprint density at radius 3 is 2.65 bits per heavy atom. The molecule has 34 heavy (non-hydrogen) atoms. The molecular formula is C27H32N2O5. The summed E-state index contributed by atoms with van der Waals surface area (Å²) >= 11 is 0. The van der Waals surface area contributed by atoms with Gasteiger partial charge in [0.1, 0.15) is 17.5 Å². The minimum Gasteiger partial charge on any atom is -0.485 e. The van der Waals surface area contributed by atoms with Gasteiger partial charge in [-0.25, -0.2) is 0 Å². The van der Waals surface area contributed by atoms with Crippen molar-refractivity contribution in [1.82, 2.24) is 5.32 Å². The second kappa shape index (κ2) is 10.3. The van der Waals surface area contributed by atoms with E-state index in [0.29, 0.717) is 22.7 Å². The largest absolute Gasteiger partial charge is 0.485 e. The summed E-state index contributed by atoms with van der Waals surface area (Å²) in [6.07, 6.45) is 5.33. The molecular weight excluding hydrogens is 432 g/mol. The van der Waals surface area contributed by atoms with Crippen LogP contribution < -0.4 is 19.7 Å². The number of nitrogens with one attached hydrogen (secondary N) is 1. The highest BCUT2D eigenvalue weighted by molar-refractivity contribution is 6.05. The van der Waals surface area contributed by atoms with E-state index in [1.54, 1.807) is 25.1 Å². The molecule has 0 spiro atoms. The van der Waals surface area contributed by atoms with E-state index in [9.17, 15) is 14.4 Å². The Hall–Kier alpha value is -3.35. The highest BCUT2D eigenvalue weighted by Gasteiger charge is 2.34. The van der Waals surface area contributed by atoms with Crippen molar-refractivity contribution in [2.75, 3.05) is 18.1 Å². The number of rotatable bonds is 7. The summed E-state index contributed by atoms with van der Waals surface area (Å²) in [5.74, 6) is 0.419. The third-order valence-corrected chi connectivity index (χ3v) is 6.58. The Bertz CT molecular complexity index is 1090. The monoisotopic (exact) mass is 464 g/mol. The van der Waals surface area contributed by atoms with E-state index >= 15 is 0 Å². The zero-order chi connectivity index (χ0) is 24.2. The molecule has 1 saturated carbocycles. The lowest BCUT2D eigenvalue weighted by Crippen LogP contribution is -2.53.